The molecule has 0 unspecified atom stereocenters. The lowest BCUT2D eigenvalue weighted by Crippen LogP contribution is -2.33. The number of carbonyl (C=O) groups is 1. The standard InChI is InChI=1S/C12H13F3N2O/c1-8(2)10-5-3-9(4-6-10)7-16-17-11(18)12(13,14)15/h3-8H,1-2H3,(H,17,18)/b16-7+. The first-order valence-electron chi connectivity index (χ1n) is 5.31. The van der Waals surface area contributed by atoms with Gasteiger partial charge in [0, 0.05) is 0 Å². The summed E-state index contributed by atoms with van der Waals surface area (Å²) >= 11 is 0. The fourth-order valence-corrected chi connectivity index (χ4v) is 1.20. The van der Waals surface area contributed by atoms with E-state index in [-0.39, 0.29) is 0 Å². The van der Waals surface area contributed by atoms with Crippen LogP contribution in [0.4, 0.5) is 13.2 Å². The highest BCUT2D eigenvalue weighted by molar-refractivity contribution is 5.84. The lowest BCUT2D eigenvalue weighted by atomic mass is 10.0. The molecule has 0 fully saturated rings. The van der Waals surface area contributed by atoms with Crippen molar-refractivity contribution in [1.29, 1.82) is 0 Å². The molecule has 0 saturated heterocycles. The van der Waals surface area contributed by atoms with Crippen LogP contribution in [0.2, 0.25) is 0 Å². The van der Waals surface area contributed by atoms with Crippen molar-refractivity contribution in [2.45, 2.75) is 25.9 Å². The van der Waals surface area contributed by atoms with Crippen LogP contribution in [0.5, 0.6) is 0 Å². The third-order valence-electron chi connectivity index (χ3n) is 2.24. The Kier molecular flexibility index (Phi) is 4.47. The predicted octanol–water partition coefficient (Wildman–Crippen LogP) is 2.82. The van der Waals surface area contributed by atoms with Crippen LogP contribution in [0.3, 0.4) is 0 Å². The van der Waals surface area contributed by atoms with E-state index in [1.54, 1.807) is 12.1 Å². The minimum absolute atomic E-state index is 0.376. The average Bonchev–Trinajstić information content (AvgIpc) is 2.28. The highest BCUT2D eigenvalue weighted by Gasteiger charge is 2.38. The maximum absolute atomic E-state index is 11.8. The summed E-state index contributed by atoms with van der Waals surface area (Å²) in [5.41, 5.74) is 3.14. The molecule has 1 rings (SSSR count). The predicted molar refractivity (Wildman–Crippen MR) is 62.3 cm³/mol. The maximum Gasteiger partial charge on any atom is 0.473 e. The van der Waals surface area contributed by atoms with Gasteiger partial charge in [-0.2, -0.15) is 18.3 Å². The van der Waals surface area contributed by atoms with Crippen molar-refractivity contribution in [2.24, 2.45) is 5.10 Å². The van der Waals surface area contributed by atoms with Crippen molar-refractivity contribution in [3.05, 3.63) is 35.4 Å². The Balaban J connectivity index is 2.60. The SMILES string of the molecule is CC(C)c1ccc(/C=N/NC(=O)C(F)(F)F)cc1. The third-order valence-corrected chi connectivity index (χ3v) is 2.24. The summed E-state index contributed by atoms with van der Waals surface area (Å²) in [6, 6.07) is 7.16. The van der Waals surface area contributed by atoms with E-state index in [2.05, 4.69) is 5.10 Å². The Bertz CT molecular complexity index is 436. The molecule has 98 valence electrons. The number of nitrogens with one attached hydrogen (secondary N) is 1. The molecule has 0 atom stereocenters. The molecule has 1 aromatic carbocycles. The van der Waals surface area contributed by atoms with Gasteiger partial charge in [-0.05, 0) is 17.0 Å². The third kappa shape index (κ3) is 4.20. The number of rotatable bonds is 3. The average molecular weight is 258 g/mol. The number of nitrogens with zero attached hydrogens (tertiary/aromatic N) is 1. The maximum atomic E-state index is 11.8. The van der Waals surface area contributed by atoms with Crippen LogP contribution < -0.4 is 5.43 Å². The molecular formula is C12H13F3N2O. The summed E-state index contributed by atoms with van der Waals surface area (Å²) in [7, 11) is 0. The highest BCUT2D eigenvalue weighted by atomic mass is 19.4. The summed E-state index contributed by atoms with van der Waals surface area (Å²) in [5.74, 6) is -1.71. The summed E-state index contributed by atoms with van der Waals surface area (Å²) in [6.45, 7) is 4.07. The van der Waals surface area contributed by atoms with Crippen molar-refractivity contribution in [2.75, 3.05) is 0 Å². The second kappa shape index (κ2) is 5.66. The van der Waals surface area contributed by atoms with Crippen LogP contribution in [-0.2, 0) is 4.79 Å². The molecule has 0 bridgehead atoms. The number of benzene rings is 1. The zero-order chi connectivity index (χ0) is 13.8. The van der Waals surface area contributed by atoms with Crippen LogP contribution in [0.1, 0.15) is 30.9 Å². The van der Waals surface area contributed by atoms with E-state index in [1.807, 2.05) is 26.0 Å². The molecule has 0 saturated carbocycles. The highest BCUT2D eigenvalue weighted by Crippen LogP contribution is 2.15. The zero-order valence-corrected chi connectivity index (χ0v) is 9.95. The number of hydrazone groups is 1. The molecule has 0 heterocycles. The Morgan fingerprint density at radius 2 is 1.83 bits per heavy atom. The van der Waals surface area contributed by atoms with Gasteiger partial charge in [0.25, 0.3) is 0 Å². The molecule has 0 aliphatic heterocycles. The van der Waals surface area contributed by atoms with E-state index in [1.165, 1.54) is 5.43 Å². The quantitative estimate of drug-likeness (QED) is 0.657. The van der Waals surface area contributed by atoms with Gasteiger partial charge in [-0.1, -0.05) is 38.1 Å². The summed E-state index contributed by atoms with van der Waals surface area (Å²) in [6.07, 6.45) is -3.76. The van der Waals surface area contributed by atoms with Gasteiger partial charge in [-0.15, -0.1) is 0 Å². The van der Waals surface area contributed by atoms with Gasteiger partial charge in [0.05, 0.1) is 6.21 Å². The number of hydrogen-bond donors (Lipinski definition) is 1. The molecule has 3 nitrogen and oxygen atoms in total. The van der Waals surface area contributed by atoms with Crippen LogP contribution in [0.15, 0.2) is 29.4 Å². The van der Waals surface area contributed by atoms with Crippen molar-refractivity contribution in [3.8, 4) is 0 Å². The minimum Gasteiger partial charge on any atom is -0.263 e. The Labute approximate surface area is 103 Å². The Morgan fingerprint density at radius 3 is 2.28 bits per heavy atom. The van der Waals surface area contributed by atoms with Gasteiger partial charge in [-0.3, -0.25) is 4.79 Å². The molecule has 0 aromatic heterocycles. The normalized spacial score (nSPS) is 12.1. The number of carbonyl (C=O) groups excluding carboxylic acids is 1. The van der Waals surface area contributed by atoms with E-state index < -0.39 is 12.1 Å². The van der Waals surface area contributed by atoms with E-state index in [4.69, 9.17) is 0 Å². The smallest absolute Gasteiger partial charge is 0.263 e. The molecule has 0 spiro atoms. The largest absolute Gasteiger partial charge is 0.473 e. The summed E-state index contributed by atoms with van der Waals surface area (Å²) in [5, 5.41) is 3.24. The van der Waals surface area contributed by atoms with Crippen LogP contribution in [0.25, 0.3) is 0 Å². The molecule has 1 N–H and O–H groups in total. The topological polar surface area (TPSA) is 41.5 Å². The molecule has 0 aliphatic rings. The first-order chi connectivity index (χ1) is 8.30. The second-order valence-electron chi connectivity index (χ2n) is 4.02. The van der Waals surface area contributed by atoms with Gasteiger partial charge in [-0.25, -0.2) is 5.43 Å². The summed E-state index contributed by atoms with van der Waals surface area (Å²) < 4.78 is 35.5. The monoisotopic (exact) mass is 258 g/mol. The number of alkyl halides is 3. The Hall–Kier alpha value is -1.85. The number of amides is 1. The first kappa shape index (κ1) is 14.2. The summed E-state index contributed by atoms with van der Waals surface area (Å²) in [4.78, 5) is 10.4. The van der Waals surface area contributed by atoms with Gasteiger partial charge in [0.1, 0.15) is 0 Å². The van der Waals surface area contributed by atoms with Crippen molar-refractivity contribution in [3.63, 3.8) is 0 Å². The van der Waals surface area contributed by atoms with Crippen LogP contribution in [-0.4, -0.2) is 18.3 Å². The van der Waals surface area contributed by atoms with Gasteiger partial charge >= 0.3 is 12.1 Å². The van der Waals surface area contributed by atoms with Gasteiger partial charge in [0.2, 0.25) is 0 Å². The molecule has 1 amide bonds. The van der Waals surface area contributed by atoms with E-state index in [0.29, 0.717) is 11.5 Å². The molecule has 18 heavy (non-hydrogen) atoms. The lowest BCUT2D eigenvalue weighted by Gasteiger charge is -2.05. The molecular weight excluding hydrogens is 245 g/mol. The minimum atomic E-state index is -4.92. The van der Waals surface area contributed by atoms with Crippen LogP contribution in [0, 0.1) is 0 Å². The zero-order valence-electron chi connectivity index (χ0n) is 9.95. The molecule has 1 aromatic rings. The first-order valence-corrected chi connectivity index (χ1v) is 5.31. The second-order valence-corrected chi connectivity index (χ2v) is 4.02. The van der Waals surface area contributed by atoms with Crippen molar-refractivity contribution in [1.82, 2.24) is 5.43 Å². The van der Waals surface area contributed by atoms with Crippen molar-refractivity contribution < 1.29 is 18.0 Å². The molecule has 0 radical (unpaired) electrons. The van der Waals surface area contributed by atoms with Gasteiger partial charge < -0.3 is 0 Å². The lowest BCUT2D eigenvalue weighted by molar-refractivity contribution is -0.173. The Morgan fingerprint density at radius 1 is 1.28 bits per heavy atom. The van der Waals surface area contributed by atoms with E-state index >= 15 is 0 Å². The number of halogens is 3. The molecule has 0 aliphatic carbocycles. The number of hydrogen-bond acceptors (Lipinski definition) is 2. The van der Waals surface area contributed by atoms with E-state index in [0.717, 1.165) is 11.8 Å². The van der Waals surface area contributed by atoms with Crippen molar-refractivity contribution >= 4 is 12.1 Å². The fourth-order valence-electron chi connectivity index (χ4n) is 1.20. The fraction of sp³-hybridized carbons (Fsp3) is 0.333. The van der Waals surface area contributed by atoms with Gasteiger partial charge in [0.15, 0.2) is 0 Å². The molecule has 6 heteroatoms. The van der Waals surface area contributed by atoms with E-state index in [9.17, 15) is 18.0 Å². The van der Waals surface area contributed by atoms with Crippen LogP contribution >= 0.6 is 0 Å².